The van der Waals surface area contributed by atoms with Crippen molar-refractivity contribution in [1.29, 1.82) is 0 Å². The number of piperidine rings is 1. The highest BCUT2D eigenvalue weighted by molar-refractivity contribution is 5.85. The third-order valence-corrected chi connectivity index (χ3v) is 5.09. The molecule has 0 amide bonds. The van der Waals surface area contributed by atoms with E-state index in [4.69, 9.17) is 9.47 Å². The van der Waals surface area contributed by atoms with Crippen LogP contribution in [0.3, 0.4) is 0 Å². The normalized spacial score (nSPS) is 16.7. The molecule has 1 heterocycles. The molecule has 0 spiro atoms. The Morgan fingerprint density at radius 1 is 1.17 bits per heavy atom. The number of non-ortho nitro benzene ring substituents is 1. The molecule has 0 aromatic heterocycles. The number of hydrogen-bond acceptors (Lipinski definition) is 6. The molecule has 2 aromatic carbocycles. The van der Waals surface area contributed by atoms with Gasteiger partial charge in [-0.2, -0.15) is 0 Å². The van der Waals surface area contributed by atoms with E-state index >= 15 is 0 Å². The van der Waals surface area contributed by atoms with Crippen LogP contribution in [0.15, 0.2) is 42.5 Å². The minimum Gasteiger partial charge on any atom is -0.493 e. The van der Waals surface area contributed by atoms with Gasteiger partial charge in [0.1, 0.15) is 6.61 Å². The van der Waals surface area contributed by atoms with Crippen molar-refractivity contribution in [2.24, 2.45) is 0 Å². The van der Waals surface area contributed by atoms with Crippen LogP contribution in [-0.4, -0.2) is 43.1 Å². The van der Waals surface area contributed by atoms with Gasteiger partial charge >= 0.3 is 0 Å². The molecule has 1 saturated heterocycles. The molecule has 8 heteroatoms. The van der Waals surface area contributed by atoms with Gasteiger partial charge in [0.25, 0.3) is 5.69 Å². The van der Waals surface area contributed by atoms with Gasteiger partial charge in [-0.3, -0.25) is 15.0 Å². The summed E-state index contributed by atoms with van der Waals surface area (Å²) in [6.45, 7) is 3.37. The molecule has 0 radical (unpaired) electrons. The molecule has 7 nitrogen and oxygen atoms in total. The number of methoxy groups -OCH3 is 1. The lowest BCUT2D eigenvalue weighted by Gasteiger charge is -2.32. The Morgan fingerprint density at radius 3 is 2.55 bits per heavy atom. The predicted octanol–water partition coefficient (Wildman–Crippen LogP) is 3.79. The van der Waals surface area contributed by atoms with E-state index in [9.17, 15) is 10.1 Å². The number of nitrogens with zero attached hydrogens (tertiary/aromatic N) is 2. The molecule has 1 aliphatic rings. The van der Waals surface area contributed by atoms with E-state index < -0.39 is 4.92 Å². The molecule has 3 rings (SSSR count). The highest BCUT2D eigenvalue weighted by Crippen LogP contribution is 2.30. The topological polar surface area (TPSA) is 76.9 Å². The van der Waals surface area contributed by atoms with Gasteiger partial charge in [0, 0.05) is 31.3 Å². The Bertz CT molecular complexity index is 801. The summed E-state index contributed by atoms with van der Waals surface area (Å²) in [5, 5.41) is 14.1. The third kappa shape index (κ3) is 6.32. The number of halogens is 1. The second kappa shape index (κ2) is 11.0. The smallest absolute Gasteiger partial charge is 0.269 e. The number of nitro groups is 1. The Balaban J connectivity index is 0.00000300. The fourth-order valence-corrected chi connectivity index (χ4v) is 3.50. The monoisotopic (exact) mass is 421 g/mol. The number of nitro benzene ring substituents is 1. The summed E-state index contributed by atoms with van der Waals surface area (Å²) in [7, 11) is 3.66. The lowest BCUT2D eigenvalue weighted by Crippen LogP contribution is -2.43. The van der Waals surface area contributed by atoms with Crippen molar-refractivity contribution in [3.05, 3.63) is 63.7 Å². The highest BCUT2D eigenvalue weighted by atomic mass is 35.5. The zero-order valence-corrected chi connectivity index (χ0v) is 17.6. The number of benzene rings is 2. The largest absolute Gasteiger partial charge is 0.493 e. The zero-order chi connectivity index (χ0) is 19.9. The molecular weight excluding hydrogens is 394 g/mol. The summed E-state index contributed by atoms with van der Waals surface area (Å²) >= 11 is 0. The SMILES string of the molecule is CNC1CCCN(Cc2ccc(OCc3ccc([N+](=O)[O-])cc3)c(OC)c2)C1.Cl. The summed E-state index contributed by atoms with van der Waals surface area (Å²) in [5.41, 5.74) is 2.13. The van der Waals surface area contributed by atoms with Crippen LogP contribution in [0.25, 0.3) is 0 Å². The summed E-state index contributed by atoms with van der Waals surface area (Å²) in [6, 6.07) is 12.9. The van der Waals surface area contributed by atoms with Gasteiger partial charge in [0.2, 0.25) is 0 Å². The summed E-state index contributed by atoms with van der Waals surface area (Å²) in [6.07, 6.45) is 2.44. The summed E-state index contributed by atoms with van der Waals surface area (Å²) in [5.74, 6) is 1.36. The standard InChI is InChI=1S/C21H27N3O4.ClH/c1-22-18-4-3-11-23(14-18)13-17-7-10-20(21(12-17)27-2)28-15-16-5-8-19(9-6-16)24(25)26;/h5-10,12,18,22H,3-4,11,13-15H2,1-2H3;1H. The van der Waals surface area contributed by atoms with E-state index in [1.807, 2.05) is 19.2 Å². The van der Waals surface area contributed by atoms with Crippen molar-refractivity contribution in [2.45, 2.75) is 32.0 Å². The van der Waals surface area contributed by atoms with Crippen LogP contribution in [0.5, 0.6) is 11.5 Å². The first-order valence-corrected chi connectivity index (χ1v) is 9.51. The molecule has 1 fully saturated rings. The maximum Gasteiger partial charge on any atom is 0.269 e. The summed E-state index contributed by atoms with van der Waals surface area (Å²) < 4.78 is 11.4. The first-order valence-electron chi connectivity index (χ1n) is 9.51. The number of likely N-dealkylation sites (tertiary alicyclic amines) is 1. The Kier molecular flexibility index (Phi) is 8.70. The molecule has 2 aromatic rings. The molecule has 1 unspecified atom stereocenters. The molecule has 1 N–H and O–H groups in total. The van der Waals surface area contributed by atoms with Crippen molar-refractivity contribution in [2.75, 3.05) is 27.2 Å². The van der Waals surface area contributed by atoms with Gasteiger partial charge in [-0.15, -0.1) is 12.4 Å². The van der Waals surface area contributed by atoms with E-state index in [-0.39, 0.29) is 18.1 Å². The van der Waals surface area contributed by atoms with Gasteiger partial charge < -0.3 is 14.8 Å². The van der Waals surface area contributed by atoms with Crippen LogP contribution in [-0.2, 0) is 13.2 Å². The fourth-order valence-electron chi connectivity index (χ4n) is 3.50. The van der Waals surface area contributed by atoms with Crippen molar-refractivity contribution in [1.82, 2.24) is 10.2 Å². The lowest BCUT2D eigenvalue weighted by molar-refractivity contribution is -0.384. The Hall–Kier alpha value is -2.35. The van der Waals surface area contributed by atoms with E-state index in [0.29, 0.717) is 24.1 Å². The van der Waals surface area contributed by atoms with Crippen LogP contribution >= 0.6 is 12.4 Å². The predicted molar refractivity (Wildman–Crippen MR) is 115 cm³/mol. The number of likely N-dealkylation sites (N-methyl/N-ethyl adjacent to an activating group) is 1. The molecule has 0 saturated carbocycles. The molecule has 0 bridgehead atoms. The molecule has 29 heavy (non-hydrogen) atoms. The van der Waals surface area contributed by atoms with Gasteiger partial charge in [0.15, 0.2) is 11.5 Å². The molecule has 158 valence electrons. The van der Waals surface area contributed by atoms with E-state index in [2.05, 4.69) is 16.3 Å². The number of nitrogens with one attached hydrogen (secondary N) is 1. The van der Waals surface area contributed by atoms with Crippen LogP contribution in [0.4, 0.5) is 5.69 Å². The fraction of sp³-hybridized carbons (Fsp3) is 0.429. The van der Waals surface area contributed by atoms with Crippen LogP contribution in [0.1, 0.15) is 24.0 Å². The number of ether oxygens (including phenoxy) is 2. The molecule has 0 aliphatic carbocycles. The zero-order valence-electron chi connectivity index (χ0n) is 16.8. The van der Waals surface area contributed by atoms with Gasteiger partial charge in [-0.25, -0.2) is 0 Å². The van der Waals surface area contributed by atoms with Crippen molar-refractivity contribution < 1.29 is 14.4 Å². The van der Waals surface area contributed by atoms with Crippen molar-refractivity contribution in [3.63, 3.8) is 0 Å². The van der Waals surface area contributed by atoms with Crippen LogP contribution in [0, 0.1) is 10.1 Å². The Morgan fingerprint density at radius 2 is 1.90 bits per heavy atom. The minimum absolute atomic E-state index is 0. The number of hydrogen-bond donors (Lipinski definition) is 1. The van der Waals surface area contributed by atoms with Crippen LogP contribution in [0.2, 0.25) is 0 Å². The first kappa shape index (κ1) is 22.9. The number of rotatable bonds is 8. The average molecular weight is 422 g/mol. The van der Waals surface area contributed by atoms with E-state index in [1.165, 1.54) is 30.5 Å². The second-order valence-corrected chi connectivity index (χ2v) is 7.06. The lowest BCUT2D eigenvalue weighted by atomic mass is 10.0. The van der Waals surface area contributed by atoms with Gasteiger partial charge in [0.05, 0.1) is 12.0 Å². The molecule has 1 aliphatic heterocycles. The van der Waals surface area contributed by atoms with Crippen molar-refractivity contribution in [3.8, 4) is 11.5 Å². The quantitative estimate of drug-likeness (QED) is 0.516. The third-order valence-electron chi connectivity index (χ3n) is 5.09. The van der Waals surface area contributed by atoms with Crippen LogP contribution < -0.4 is 14.8 Å². The average Bonchev–Trinajstić information content (AvgIpc) is 2.73. The van der Waals surface area contributed by atoms with Gasteiger partial charge in [-0.05, 0) is 61.8 Å². The van der Waals surface area contributed by atoms with Gasteiger partial charge in [-0.1, -0.05) is 6.07 Å². The molecular formula is C21H28ClN3O4. The van der Waals surface area contributed by atoms with E-state index in [1.54, 1.807) is 19.2 Å². The first-order chi connectivity index (χ1) is 13.6. The molecule has 1 atom stereocenters. The second-order valence-electron chi connectivity index (χ2n) is 7.06. The maximum absolute atomic E-state index is 10.7. The van der Waals surface area contributed by atoms with Crippen molar-refractivity contribution >= 4 is 18.1 Å². The Labute approximate surface area is 177 Å². The summed E-state index contributed by atoms with van der Waals surface area (Å²) in [4.78, 5) is 12.8. The highest BCUT2D eigenvalue weighted by Gasteiger charge is 2.19. The van der Waals surface area contributed by atoms with E-state index in [0.717, 1.165) is 25.2 Å². The minimum atomic E-state index is -0.409. The maximum atomic E-state index is 10.7.